The van der Waals surface area contributed by atoms with Crippen molar-refractivity contribution in [3.05, 3.63) is 76.9 Å². The molecule has 0 saturated heterocycles. The molecule has 0 radical (unpaired) electrons. The SMILES string of the molecule is CCCC(F)(F)c1nc(C(C)CC)n(Cc2ccc(Cc3cccc(-c4nnn[nH]4)c3)cc2)n1. The fourth-order valence-corrected chi connectivity index (χ4v) is 3.88. The molecule has 34 heavy (non-hydrogen) atoms. The summed E-state index contributed by atoms with van der Waals surface area (Å²) in [6.45, 7) is 6.16. The van der Waals surface area contributed by atoms with E-state index in [1.54, 1.807) is 11.6 Å². The fraction of sp³-hybridized carbons (Fsp3) is 0.400. The van der Waals surface area contributed by atoms with E-state index in [2.05, 4.69) is 55.0 Å². The maximum Gasteiger partial charge on any atom is 0.308 e. The average Bonchev–Trinajstić information content (AvgIpc) is 3.51. The molecular formula is C25H29F2N7. The summed E-state index contributed by atoms with van der Waals surface area (Å²) in [7, 11) is 0. The summed E-state index contributed by atoms with van der Waals surface area (Å²) < 4.78 is 30.6. The van der Waals surface area contributed by atoms with Crippen LogP contribution in [0.3, 0.4) is 0 Å². The molecule has 0 fully saturated rings. The molecule has 9 heteroatoms. The molecule has 0 saturated carbocycles. The number of alkyl halides is 2. The Labute approximate surface area is 197 Å². The van der Waals surface area contributed by atoms with Crippen molar-refractivity contribution in [1.82, 2.24) is 35.4 Å². The van der Waals surface area contributed by atoms with E-state index in [0.29, 0.717) is 24.6 Å². The fourth-order valence-electron chi connectivity index (χ4n) is 3.88. The molecule has 0 spiro atoms. The van der Waals surface area contributed by atoms with Crippen LogP contribution in [-0.4, -0.2) is 35.4 Å². The lowest BCUT2D eigenvalue weighted by atomic mass is 10.0. The molecular weight excluding hydrogens is 436 g/mol. The second kappa shape index (κ2) is 10.2. The highest BCUT2D eigenvalue weighted by atomic mass is 19.3. The van der Waals surface area contributed by atoms with Gasteiger partial charge in [0, 0.05) is 17.9 Å². The minimum absolute atomic E-state index is 0.0461. The maximum atomic E-state index is 14.5. The van der Waals surface area contributed by atoms with Crippen molar-refractivity contribution in [2.75, 3.05) is 0 Å². The van der Waals surface area contributed by atoms with Crippen LogP contribution >= 0.6 is 0 Å². The van der Waals surface area contributed by atoms with Gasteiger partial charge in [-0.2, -0.15) is 8.78 Å². The molecule has 1 unspecified atom stereocenters. The van der Waals surface area contributed by atoms with E-state index < -0.39 is 5.92 Å². The molecule has 178 valence electrons. The molecule has 2 aromatic carbocycles. The molecule has 2 aromatic heterocycles. The first-order valence-corrected chi connectivity index (χ1v) is 11.6. The molecule has 1 atom stereocenters. The van der Waals surface area contributed by atoms with Gasteiger partial charge in [-0.15, -0.1) is 10.2 Å². The topological polar surface area (TPSA) is 85.2 Å². The predicted molar refractivity (Wildman–Crippen MR) is 125 cm³/mol. The molecule has 0 bridgehead atoms. The third-order valence-electron chi connectivity index (χ3n) is 5.95. The molecule has 2 heterocycles. The van der Waals surface area contributed by atoms with Crippen molar-refractivity contribution in [2.45, 2.75) is 64.8 Å². The minimum Gasteiger partial charge on any atom is -0.245 e. The zero-order chi connectivity index (χ0) is 24.1. The standard InChI is InChI=1S/C25H29F2N7/c1-4-13-25(26,27)24-28-23(17(3)5-2)34(31-24)16-19-11-9-18(10-12-19)14-20-7-6-8-21(15-20)22-29-32-33-30-22/h6-12,15,17H,4-5,13-14,16H2,1-3H3,(H,29,30,32,33). The summed E-state index contributed by atoms with van der Waals surface area (Å²) in [5, 5.41) is 18.2. The summed E-state index contributed by atoms with van der Waals surface area (Å²) in [6.07, 6.45) is 1.68. The van der Waals surface area contributed by atoms with E-state index in [0.717, 1.165) is 35.1 Å². The molecule has 1 N–H and O–H groups in total. The van der Waals surface area contributed by atoms with E-state index in [1.807, 2.05) is 38.1 Å². The number of rotatable bonds is 10. The van der Waals surface area contributed by atoms with E-state index in [-0.39, 0.29) is 18.2 Å². The molecule has 4 rings (SSSR count). The molecule has 0 aliphatic carbocycles. The molecule has 0 amide bonds. The number of halogens is 2. The molecule has 7 nitrogen and oxygen atoms in total. The monoisotopic (exact) mass is 465 g/mol. The molecule has 4 aromatic rings. The smallest absolute Gasteiger partial charge is 0.245 e. The van der Waals surface area contributed by atoms with Gasteiger partial charge in [-0.1, -0.05) is 63.2 Å². The van der Waals surface area contributed by atoms with Crippen LogP contribution in [0.2, 0.25) is 0 Å². The third-order valence-corrected chi connectivity index (χ3v) is 5.95. The summed E-state index contributed by atoms with van der Waals surface area (Å²) in [6, 6.07) is 16.2. The van der Waals surface area contributed by atoms with Crippen molar-refractivity contribution >= 4 is 0 Å². The average molecular weight is 466 g/mol. The molecule has 0 aliphatic rings. The minimum atomic E-state index is -3.01. The van der Waals surface area contributed by atoms with Crippen LogP contribution in [0.15, 0.2) is 48.5 Å². The Morgan fingerprint density at radius 1 is 1.03 bits per heavy atom. The number of nitrogens with zero attached hydrogens (tertiary/aromatic N) is 6. The Morgan fingerprint density at radius 3 is 2.47 bits per heavy atom. The lowest BCUT2D eigenvalue weighted by Crippen LogP contribution is -2.15. The van der Waals surface area contributed by atoms with Gasteiger partial charge < -0.3 is 0 Å². The van der Waals surface area contributed by atoms with Crippen molar-refractivity contribution in [3.63, 3.8) is 0 Å². The zero-order valence-electron chi connectivity index (χ0n) is 19.7. The number of aromatic amines is 1. The van der Waals surface area contributed by atoms with Gasteiger partial charge >= 0.3 is 5.92 Å². The number of aromatic nitrogens is 7. The first-order chi connectivity index (χ1) is 16.4. The normalized spacial score (nSPS) is 12.7. The van der Waals surface area contributed by atoms with E-state index in [4.69, 9.17) is 0 Å². The number of nitrogens with one attached hydrogen (secondary N) is 1. The summed E-state index contributed by atoms with van der Waals surface area (Å²) in [5.74, 6) is -2.10. The molecule has 0 aliphatic heterocycles. The third kappa shape index (κ3) is 5.35. The number of H-pyrrole nitrogens is 1. The Balaban J connectivity index is 1.51. The van der Waals surface area contributed by atoms with Gasteiger partial charge in [-0.25, -0.2) is 14.8 Å². The number of hydrogen-bond acceptors (Lipinski definition) is 5. The van der Waals surface area contributed by atoms with Gasteiger partial charge in [0.25, 0.3) is 0 Å². The number of benzene rings is 2. The number of hydrogen-bond donors (Lipinski definition) is 1. The van der Waals surface area contributed by atoms with Gasteiger partial charge in [0.15, 0.2) is 5.82 Å². The van der Waals surface area contributed by atoms with Crippen LogP contribution in [0.1, 0.15) is 74.3 Å². The van der Waals surface area contributed by atoms with Crippen LogP contribution < -0.4 is 0 Å². The van der Waals surface area contributed by atoms with Gasteiger partial charge in [0.05, 0.1) is 6.54 Å². The van der Waals surface area contributed by atoms with Crippen LogP contribution in [0.4, 0.5) is 8.78 Å². The maximum absolute atomic E-state index is 14.5. The van der Waals surface area contributed by atoms with Crippen LogP contribution in [0, 0.1) is 0 Å². The highest BCUT2D eigenvalue weighted by Crippen LogP contribution is 2.32. The second-order valence-electron chi connectivity index (χ2n) is 8.66. The van der Waals surface area contributed by atoms with Crippen molar-refractivity contribution in [2.24, 2.45) is 0 Å². The van der Waals surface area contributed by atoms with E-state index in [1.165, 1.54) is 0 Å². The summed E-state index contributed by atoms with van der Waals surface area (Å²) in [4.78, 5) is 4.26. The lowest BCUT2D eigenvalue weighted by molar-refractivity contribution is -0.0232. The van der Waals surface area contributed by atoms with Gasteiger partial charge in [-0.05, 0) is 52.4 Å². The van der Waals surface area contributed by atoms with Crippen LogP contribution in [-0.2, 0) is 18.9 Å². The van der Waals surface area contributed by atoms with E-state index in [9.17, 15) is 8.78 Å². The Hall–Kier alpha value is -3.49. The predicted octanol–water partition coefficient (Wildman–Crippen LogP) is 5.50. The van der Waals surface area contributed by atoms with Crippen LogP contribution in [0.25, 0.3) is 11.4 Å². The second-order valence-corrected chi connectivity index (χ2v) is 8.66. The first-order valence-electron chi connectivity index (χ1n) is 11.6. The Morgan fingerprint density at radius 2 is 1.79 bits per heavy atom. The largest absolute Gasteiger partial charge is 0.308 e. The summed E-state index contributed by atoms with van der Waals surface area (Å²) in [5.41, 5.74) is 4.20. The number of tetrazole rings is 1. The van der Waals surface area contributed by atoms with Crippen molar-refractivity contribution in [3.8, 4) is 11.4 Å². The highest BCUT2D eigenvalue weighted by molar-refractivity contribution is 5.55. The van der Waals surface area contributed by atoms with Gasteiger partial charge in [0.1, 0.15) is 5.82 Å². The van der Waals surface area contributed by atoms with Gasteiger partial charge in [0.2, 0.25) is 5.82 Å². The summed E-state index contributed by atoms with van der Waals surface area (Å²) >= 11 is 0. The van der Waals surface area contributed by atoms with Crippen molar-refractivity contribution in [1.29, 1.82) is 0 Å². The quantitative estimate of drug-likeness (QED) is 0.334. The van der Waals surface area contributed by atoms with E-state index >= 15 is 0 Å². The first kappa shape index (κ1) is 23.7. The Kier molecular flexibility index (Phi) is 7.09. The highest BCUT2D eigenvalue weighted by Gasteiger charge is 2.36. The zero-order valence-corrected chi connectivity index (χ0v) is 19.7. The van der Waals surface area contributed by atoms with Gasteiger partial charge in [-0.3, -0.25) is 0 Å². The van der Waals surface area contributed by atoms with Crippen LogP contribution in [0.5, 0.6) is 0 Å². The van der Waals surface area contributed by atoms with Crippen molar-refractivity contribution < 1.29 is 8.78 Å². The Bertz CT molecular complexity index is 1200. The lowest BCUT2D eigenvalue weighted by Gasteiger charge is -2.11.